The molecule has 0 spiro atoms. The van der Waals surface area contributed by atoms with E-state index in [1.54, 1.807) is 0 Å². The van der Waals surface area contributed by atoms with Crippen LogP contribution in [0.15, 0.2) is 0 Å². The lowest BCUT2D eigenvalue weighted by Crippen LogP contribution is -2.60. The molecular weight excluding hydrogens is 300 g/mol. The van der Waals surface area contributed by atoms with Crippen LogP contribution in [0.25, 0.3) is 0 Å². The Balaban J connectivity index is 1.40. The summed E-state index contributed by atoms with van der Waals surface area (Å²) in [6.07, 6.45) is 1.80. The molecule has 4 bridgehead atoms. The van der Waals surface area contributed by atoms with Gasteiger partial charge in [0.25, 0.3) is 0 Å². The second-order valence-corrected chi connectivity index (χ2v) is 8.43. The van der Waals surface area contributed by atoms with Crippen LogP contribution in [0.4, 0.5) is 0 Å². The minimum absolute atomic E-state index is 0.188. The van der Waals surface area contributed by atoms with Crippen molar-refractivity contribution in [1.29, 1.82) is 0 Å². The normalized spacial score (nSPS) is 55.3. The molecule has 1 aliphatic heterocycles. The molecule has 4 aliphatic carbocycles. The lowest BCUT2D eigenvalue weighted by molar-refractivity contribution is -0.309. The van der Waals surface area contributed by atoms with E-state index in [1.165, 1.54) is 38.5 Å². The lowest BCUT2D eigenvalue weighted by atomic mass is 9.50. The summed E-state index contributed by atoms with van der Waals surface area (Å²) >= 11 is 0. The van der Waals surface area contributed by atoms with Gasteiger partial charge in [0.1, 0.15) is 24.4 Å². The second kappa shape index (κ2) is 5.93. The van der Waals surface area contributed by atoms with Crippen molar-refractivity contribution in [3.8, 4) is 0 Å². The Bertz CT molecular complexity index is 404. The lowest BCUT2D eigenvalue weighted by Gasteiger charge is -2.57. The fourth-order valence-electron chi connectivity index (χ4n) is 5.93. The highest BCUT2D eigenvalue weighted by Gasteiger charge is 2.52. The Kier molecular flexibility index (Phi) is 4.19. The van der Waals surface area contributed by atoms with Crippen LogP contribution in [0.2, 0.25) is 0 Å². The van der Waals surface area contributed by atoms with Gasteiger partial charge in [-0.1, -0.05) is 0 Å². The van der Waals surface area contributed by atoms with Crippen LogP contribution in [-0.4, -0.2) is 64.3 Å². The maximum absolute atomic E-state index is 10.1. The molecule has 4 N–H and O–H groups in total. The van der Waals surface area contributed by atoms with Crippen molar-refractivity contribution in [3.63, 3.8) is 0 Å². The first kappa shape index (κ1) is 16.2. The minimum atomic E-state index is -1.36. The molecule has 1 saturated heterocycles. The van der Waals surface area contributed by atoms with Gasteiger partial charge < -0.3 is 29.9 Å². The molecular formula is C17H28O6. The Hall–Kier alpha value is -0.240. The largest absolute Gasteiger partial charge is 0.394 e. The maximum Gasteiger partial charge on any atom is 0.186 e. The van der Waals surface area contributed by atoms with Crippen LogP contribution in [0.3, 0.4) is 0 Å². The number of hydrogen-bond donors (Lipinski definition) is 4. The number of aliphatic hydroxyl groups excluding tert-OH is 4. The monoisotopic (exact) mass is 328 g/mol. The van der Waals surface area contributed by atoms with Crippen LogP contribution in [0.1, 0.15) is 38.5 Å². The third-order valence-corrected chi connectivity index (χ3v) is 6.57. The summed E-state index contributed by atoms with van der Waals surface area (Å²) in [7, 11) is 0. The zero-order valence-corrected chi connectivity index (χ0v) is 13.4. The fourth-order valence-corrected chi connectivity index (χ4v) is 5.93. The summed E-state index contributed by atoms with van der Waals surface area (Å²) in [4.78, 5) is 0. The van der Waals surface area contributed by atoms with Gasteiger partial charge in [0, 0.05) is 0 Å². The van der Waals surface area contributed by atoms with E-state index < -0.39 is 37.3 Å². The molecule has 5 fully saturated rings. The van der Waals surface area contributed by atoms with E-state index in [2.05, 4.69) is 0 Å². The molecule has 132 valence electrons. The van der Waals surface area contributed by atoms with Crippen LogP contribution >= 0.6 is 0 Å². The van der Waals surface area contributed by atoms with E-state index >= 15 is 0 Å². The molecule has 0 aromatic carbocycles. The first-order valence-corrected chi connectivity index (χ1v) is 8.92. The summed E-state index contributed by atoms with van der Waals surface area (Å²) in [5.74, 6) is 2.46. The predicted octanol–water partition coefficient (Wildman–Crippen LogP) is 0.0193. The molecule has 0 unspecified atom stereocenters. The number of ether oxygens (including phenoxy) is 2. The van der Waals surface area contributed by atoms with Crippen LogP contribution in [-0.2, 0) is 9.47 Å². The van der Waals surface area contributed by atoms with Gasteiger partial charge >= 0.3 is 0 Å². The van der Waals surface area contributed by atoms with Crippen molar-refractivity contribution < 1.29 is 29.9 Å². The Morgan fingerprint density at radius 2 is 1.43 bits per heavy atom. The van der Waals surface area contributed by atoms with Gasteiger partial charge in [-0.05, 0) is 61.7 Å². The standard InChI is InChI=1S/C17H28O6/c18-7-12-13(19)14(20)15(21)16(23-12)22-8-17-4-9-1-10(5-17)3-11(2-9)6-17/h9-16,18-21H,1-8H2/t9?,10?,11?,12-,13+,14+,15-,16-,17?/m1/s1. The Labute approximate surface area is 136 Å². The van der Waals surface area contributed by atoms with Gasteiger partial charge in [-0.15, -0.1) is 0 Å². The van der Waals surface area contributed by atoms with Crippen LogP contribution in [0, 0.1) is 23.2 Å². The molecule has 1 heterocycles. The molecule has 0 aromatic rings. The zero-order valence-electron chi connectivity index (χ0n) is 13.4. The van der Waals surface area contributed by atoms with Gasteiger partial charge in [0.05, 0.1) is 13.2 Å². The molecule has 6 nitrogen and oxygen atoms in total. The van der Waals surface area contributed by atoms with Crippen molar-refractivity contribution in [2.24, 2.45) is 23.2 Å². The van der Waals surface area contributed by atoms with Crippen molar-refractivity contribution in [1.82, 2.24) is 0 Å². The van der Waals surface area contributed by atoms with Crippen LogP contribution in [0.5, 0.6) is 0 Å². The molecule has 6 heteroatoms. The summed E-state index contributed by atoms with van der Waals surface area (Å²) in [6, 6.07) is 0. The topological polar surface area (TPSA) is 99.4 Å². The fraction of sp³-hybridized carbons (Fsp3) is 1.00. The van der Waals surface area contributed by atoms with Gasteiger partial charge in [-0.3, -0.25) is 0 Å². The molecule has 0 amide bonds. The van der Waals surface area contributed by atoms with E-state index in [1.807, 2.05) is 0 Å². The zero-order chi connectivity index (χ0) is 16.2. The number of rotatable bonds is 4. The van der Waals surface area contributed by atoms with Crippen molar-refractivity contribution in [2.75, 3.05) is 13.2 Å². The molecule has 5 rings (SSSR count). The quantitative estimate of drug-likeness (QED) is 0.581. The smallest absolute Gasteiger partial charge is 0.186 e. The third kappa shape index (κ3) is 2.83. The Morgan fingerprint density at radius 3 is 1.96 bits per heavy atom. The Morgan fingerprint density at radius 1 is 0.870 bits per heavy atom. The first-order valence-electron chi connectivity index (χ1n) is 8.92. The molecule has 0 aromatic heterocycles. The number of hydrogen-bond acceptors (Lipinski definition) is 6. The molecule has 5 aliphatic rings. The van der Waals surface area contributed by atoms with Crippen molar-refractivity contribution in [3.05, 3.63) is 0 Å². The average molecular weight is 328 g/mol. The summed E-state index contributed by atoms with van der Waals surface area (Å²) in [5, 5.41) is 39.0. The van der Waals surface area contributed by atoms with Crippen molar-refractivity contribution in [2.45, 2.75) is 69.2 Å². The molecule has 5 atom stereocenters. The van der Waals surface area contributed by atoms with Gasteiger partial charge in [0.15, 0.2) is 6.29 Å². The van der Waals surface area contributed by atoms with Crippen molar-refractivity contribution >= 4 is 0 Å². The first-order chi connectivity index (χ1) is 11.0. The highest BCUT2D eigenvalue weighted by Crippen LogP contribution is 2.60. The SMILES string of the molecule is OC[C@H]1O[C@@H](OCC23CC4CC(CC(C4)C2)C3)[C@H](O)[C@@H](O)[C@H]1O. The van der Waals surface area contributed by atoms with E-state index in [4.69, 9.17) is 9.47 Å². The predicted molar refractivity (Wildman–Crippen MR) is 80.3 cm³/mol. The maximum atomic E-state index is 10.1. The summed E-state index contributed by atoms with van der Waals surface area (Å²) in [5.41, 5.74) is 0.188. The molecule has 4 saturated carbocycles. The molecule has 23 heavy (non-hydrogen) atoms. The van der Waals surface area contributed by atoms with E-state index in [9.17, 15) is 20.4 Å². The summed E-state index contributed by atoms with van der Waals surface area (Å²) in [6.45, 7) is 0.112. The van der Waals surface area contributed by atoms with Crippen LogP contribution < -0.4 is 0 Å². The minimum Gasteiger partial charge on any atom is -0.394 e. The van der Waals surface area contributed by atoms with Gasteiger partial charge in [-0.25, -0.2) is 0 Å². The molecule has 0 radical (unpaired) electrons. The van der Waals surface area contributed by atoms with E-state index in [0.717, 1.165) is 17.8 Å². The average Bonchev–Trinajstić information content (AvgIpc) is 2.51. The second-order valence-electron chi connectivity index (χ2n) is 8.43. The van der Waals surface area contributed by atoms with Gasteiger partial charge in [0.2, 0.25) is 0 Å². The van der Waals surface area contributed by atoms with E-state index in [-0.39, 0.29) is 5.41 Å². The number of aliphatic hydroxyl groups is 4. The third-order valence-electron chi connectivity index (χ3n) is 6.57. The van der Waals surface area contributed by atoms with E-state index in [0.29, 0.717) is 6.61 Å². The summed E-state index contributed by atoms with van der Waals surface area (Å²) < 4.78 is 11.3. The highest BCUT2D eigenvalue weighted by atomic mass is 16.7. The van der Waals surface area contributed by atoms with Gasteiger partial charge in [-0.2, -0.15) is 0 Å². The highest BCUT2D eigenvalue weighted by molar-refractivity contribution is 5.01.